The smallest absolute Gasteiger partial charge is 0.255 e. The van der Waals surface area contributed by atoms with Crippen molar-refractivity contribution in [3.63, 3.8) is 0 Å². The number of hydrogen-bond donors (Lipinski definition) is 2. The maximum atomic E-state index is 13.2. The molecule has 0 fully saturated rings. The number of nitrogens with two attached hydrogens (primary N) is 1. The number of halogens is 2. The van der Waals surface area contributed by atoms with Gasteiger partial charge in [-0.1, -0.05) is 6.07 Å². The summed E-state index contributed by atoms with van der Waals surface area (Å²) in [4.78, 5) is 12.1. The normalized spacial score (nSPS) is 10.2. The maximum Gasteiger partial charge on any atom is 0.255 e. The van der Waals surface area contributed by atoms with Crippen LogP contribution in [0.25, 0.3) is 0 Å². The summed E-state index contributed by atoms with van der Waals surface area (Å²) in [7, 11) is 0. The zero-order chi connectivity index (χ0) is 15.2. The largest absolute Gasteiger partial charge is 0.492 e. The van der Waals surface area contributed by atoms with Crippen LogP contribution in [0.4, 0.5) is 10.1 Å². The molecule has 0 spiro atoms. The highest BCUT2D eigenvalue weighted by Gasteiger charge is 2.09. The van der Waals surface area contributed by atoms with Crippen molar-refractivity contribution in [1.82, 2.24) is 0 Å². The van der Waals surface area contributed by atoms with Gasteiger partial charge < -0.3 is 15.8 Å². The molecule has 0 aromatic heterocycles. The standard InChI is InChI=1S/C15H14BrFN2O2/c16-13-8-10(4-5-14(13)17)15(20)19-11-2-1-3-12(9-11)21-7-6-18/h1-5,8-9H,6-7,18H2,(H,19,20). The quantitative estimate of drug-likeness (QED) is 0.868. The van der Waals surface area contributed by atoms with Gasteiger partial charge in [-0.15, -0.1) is 0 Å². The average Bonchev–Trinajstić information content (AvgIpc) is 2.48. The van der Waals surface area contributed by atoms with Crippen LogP contribution in [-0.2, 0) is 0 Å². The van der Waals surface area contributed by atoms with Crippen molar-refractivity contribution >= 4 is 27.5 Å². The van der Waals surface area contributed by atoms with Crippen LogP contribution in [0.15, 0.2) is 46.9 Å². The van der Waals surface area contributed by atoms with Gasteiger partial charge in [0.25, 0.3) is 5.91 Å². The third-order valence-corrected chi connectivity index (χ3v) is 3.27. The van der Waals surface area contributed by atoms with Crippen LogP contribution >= 0.6 is 15.9 Å². The van der Waals surface area contributed by atoms with Crippen LogP contribution in [0, 0.1) is 5.82 Å². The zero-order valence-corrected chi connectivity index (χ0v) is 12.7. The first-order valence-corrected chi connectivity index (χ1v) is 7.09. The van der Waals surface area contributed by atoms with E-state index in [2.05, 4.69) is 21.2 Å². The molecule has 0 radical (unpaired) electrons. The van der Waals surface area contributed by atoms with Gasteiger partial charge in [-0.25, -0.2) is 4.39 Å². The maximum absolute atomic E-state index is 13.2. The van der Waals surface area contributed by atoms with Gasteiger partial charge in [0.15, 0.2) is 0 Å². The second-order valence-corrected chi connectivity index (χ2v) is 5.10. The van der Waals surface area contributed by atoms with Gasteiger partial charge in [0.2, 0.25) is 0 Å². The van der Waals surface area contributed by atoms with Crippen LogP contribution in [0.2, 0.25) is 0 Å². The Bertz CT molecular complexity index is 649. The van der Waals surface area contributed by atoms with Crippen LogP contribution in [-0.4, -0.2) is 19.1 Å². The van der Waals surface area contributed by atoms with E-state index in [0.29, 0.717) is 30.2 Å². The van der Waals surface area contributed by atoms with Crippen molar-refractivity contribution in [2.45, 2.75) is 0 Å². The molecule has 0 aliphatic carbocycles. The van der Waals surface area contributed by atoms with Gasteiger partial charge in [0, 0.05) is 23.9 Å². The van der Waals surface area contributed by atoms with Crippen molar-refractivity contribution in [3.05, 3.63) is 58.3 Å². The Kier molecular flexibility index (Phi) is 5.30. The molecule has 0 heterocycles. The summed E-state index contributed by atoms with van der Waals surface area (Å²) in [6.45, 7) is 0.822. The van der Waals surface area contributed by atoms with E-state index >= 15 is 0 Å². The van der Waals surface area contributed by atoms with E-state index in [1.54, 1.807) is 24.3 Å². The molecule has 2 aromatic carbocycles. The SMILES string of the molecule is NCCOc1cccc(NC(=O)c2ccc(F)c(Br)c2)c1. The van der Waals surface area contributed by atoms with Gasteiger partial charge in [0.05, 0.1) is 4.47 Å². The molecule has 3 N–H and O–H groups in total. The lowest BCUT2D eigenvalue weighted by atomic mass is 10.2. The summed E-state index contributed by atoms with van der Waals surface area (Å²) < 4.78 is 18.8. The first-order chi connectivity index (χ1) is 10.1. The van der Waals surface area contributed by atoms with Crippen molar-refractivity contribution in [3.8, 4) is 5.75 Å². The molecule has 0 saturated heterocycles. The number of ether oxygens (including phenoxy) is 1. The summed E-state index contributed by atoms with van der Waals surface area (Å²) in [6.07, 6.45) is 0. The molecule has 2 rings (SSSR count). The highest BCUT2D eigenvalue weighted by molar-refractivity contribution is 9.10. The van der Waals surface area contributed by atoms with Crippen molar-refractivity contribution in [2.24, 2.45) is 5.73 Å². The first-order valence-electron chi connectivity index (χ1n) is 6.29. The molecule has 2 aromatic rings. The molecule has 0 atom stereocenters. The summed E-state index contributed by atoms with van der Waals surface area (Å²) in [5, 5.41) is 2.73. The fourth-order valence-corrected chi connectivity index (χ4v) is 2.06. The number of benzene rings is 2. The first kappa shape index (κ1) is 15.5. The second-order valence-electron chi connectivity index (χ2n) is 4.25. The van der Waals surface area contributed by atoms with E-state index in [-0.39, 0.29) is 10.4 Å². The molecule has 0 saturated carbocycles. The number of nitrogens with one attached hydrogen (secondary N) is 1. The molecule has 0 aliphatic heterocycles. The predicted octanol–water partition coefficient (Wildman–Crippen LogP) is 3.18. The molecular weight excluding hydrogens is 339 g/mol. The Hall–Kier alpha value is -1.92. The molecule has 21 heavy (non-hydrogen) atoms. The van der Waals surface area contributed by atoms with Crippen molar-refractivity contribution < 1.29 is 13.9 Å². The number of hydrogen-bond acceptors (Lipinski definition) is 3. The van der Waals surface area contributed by atoms with Crippen molar-refractivity contribution in [1.29, 1.82) is 0 Å². The third kappa shape index (κ3) is 4.27. The van der Waals surface area contributed by atoms with E-state index in [1.165, 1.54) is 18.2 Å². The molecule has 0 aliphatic rings. The fourth-order valence-electron chi connectivity index (χ4n) is 1.68. The van der Waals surface area contributed by atoms with Crippen molar-refractivity contribution in [2.75, 3.05) is 18.5 Å². The molecule has 1 amide bonds. The number of carbonyl (C=O) groups is 1. The summed E-state index contributed by atoms with van der Waals surface area (Å²) in [5.41, 5.74) is 6.32. The molecule has 0 bridgehead atoms. The highest BCUT2D eigenvalue weighted by atomic mass is 79.9. The van der Waals surface area contributed by atoms with E-state index in [1.807, 2.05) is 0 Å². The monoisotopic (exact) mass is 352 g/mol. The fraction of sp³-hybridized carbons (Fsp3) is 0.133. The summed E-state index contributed by atoms with van der Waals surface area (Å²) in [5.74, 6) is -0.117. The molecule has 110 valence electrons. The zero-order valence-electron chi connectivity index (χ0n) is 11.1. The van der Waals surface area contributed by atoms with Gasteiger partial charge in [-0.3, -0.25) is 4.79 Å². The number of carbonyl (C=O) groups excluding carboxylic acids is 1. The van der Waals surface area contributed by atoms with E-state index in [9.17, 15) is 9.18 Å². The lowest BCUT2D eigenvalue weighted by molar-refractivity contribution is 0.102. The van der Waals surface area contributed by atoms with E-state index in [0.717, 1.165) is 0 Å². The number of anilines is 1. The van der Waals surface area contributed by atoms with Gasteiger partial charge in [0.1, 0.15) is 18.2 Å². The minimum absolute atomic E-state index is 0.246. The minimum atomic E-state index is -0.413. The van der Waals surface area contributed by atoms with Gasteiger partial charge in [-0.2, -0.15) is 0 Å². The topological polar surface area (TPSA) is 64.3 Å². The van der Waals surface area contributed by atoms with E-state index in [4.69, 9.17) is 10.5 Å². The highest BCUT2D eigenvalue weighted by Crippen LogP contribution is 2.20. The number of rotatable bonds is 5. The average molecular weight is 353 g/mol. The molecule has 0 unspecified atom stereocenters. The Morgan fingerprint density at radius 3 is 2.81 bits per heavy atom. The summed E-state index contributed by atoms with van der Waals surface area (Å²) in [6, 6.07) is 11.1. The van der Waals surface area contributed by atoms with Gasteiger partial charge >= 0.3 is 0 Å². The lowest BCUT2D eigenvalue weighted by Crippen LogP contribution is -2.13. The van der Waals surface area contributed by atoms with Crippen LogP contribution in [0.5, 0.6) is 5.75 Å². The van der Waals surface area contributed by atoms with E-state index < -0.39 is 5.82 Å². The van der Waals surface area contributed by atoms with Gasteiger partial charge in [-0.05, 0) is 46.3 Å². The summed E-state index contributed by atoms with van der Waals surface area (Å²) >= 11 is 3.05. The minimum Gasteiger partial charge on any atom is -0.492 e. The third-order valence-electron chi connectivity index (χ3n) is 2.66. The Morgan fingerprint density at radius 2 is 2.10 bits per heavy atom. The predicted molar refractivity (Wildman–Crippen MR) is 83.0 cm³/mol. The van der Waals surface area contributed by atoms with Crippen LogP contribution in [0.3, 0.4) is 0 Å². The van der Waals surface area contributed by atoms with Crippen LogP contribution in [0.1, 0.15) is 10.4 Å². The Labute approximate surface area is 130 Å². The molecule has 4 nitrogen and oxygen atoms in total. The number of amides is 1. The second kappa shape index (κ2) is 7.19. The molecule has 6 heteroatoms. The van der Waals surface area contributed by atoms with Crippen LogP contribution < -0.4 is 15.8 Å². The Morgan fingerprint density at radius 1 is 1.29 bits per heavy atom. The Balaban J connectivity index is 2.10. The molecular formula is C15H14BrFN2O2. The lowest BCUT2D eigenvalue weighted by Gasteiger charge is -2.09.